The van der Waals surface area contributed by atoms with Crippen LogP contribution in [0, 0.1) is 0 Å². The molecule has 0 saturated carbocycles. The van der Waals surface area contributed by atoms with E-state index in [0.29, 0.717) is 0 Å². The van der Waals surface area contributed by atoms with Gasteiger partial charge in [0.1, 0.15) is 11.1 Å². The van der Waals surface area contributed by atoms with Crippen molar-refractivity contribution in [2.45, 2.75) is 0 Å². The maximum Gasteiger partial charge on any atom is 0.466 e. The highest BCUT2D eigenvalue weighted by molar-refractivity contribution is 7.95. The predicted molar refractivity (Wildman–Crippen MR) is 87.0 cm³/mol. The fourth-order valence-electron chi connectivity index (χ4n) is 1.78. The van der Waals surface area contributed by atoms with Crippen LogP contribution in [0.2, 0.25) is 0 Å². The Bertz CT molecular complexity index is 1000. The largest absolute Gasteiger partial charge is 0.478 e. The highest BCUT2D eigenvalue weighted by Crippen LogP contribution is 2.23. The molecule has 2 rings (SSSR count). The Balaban J connectivity index is 2.25. The highest BCUT2D eigenvalue weighted by Gasteiger charge is 2.30. The molecule has 2 aromatic carbocycles. The molecule has 13 heteroatoms. The molecule has 0 aliphatic rings. The molecule has 144 valence electrons. The summed E-state index contributed by atoms with van der Waals surface area (Å²) < 4.78 is 59.6. The van der Waals surface area contributed by atoms with E-state index in [9.17, 15) is 26.4 Å². The fraction of sp³-hybridized carbons (Fsp3) is 0. The van der Waals surface area contributed by atoms with Gasteiger partial charge in [-0.3, -0.25) is 0 Å². The lowest BCUT2D eigenvalue weighted by Gasteiger charge is -2.10. The van der Waals surface area contributed by atoms with Crippen molar-refractivity contribution in [2.24, 2.45) is 0 Å². The summed E-state index contributed by atoms with van der Waals surface area (Å²) in [7, 11) is -10.7. The van der Waals surface area contributed by atoms with Crippen molar-refractivity contribution < 1.29 is 48.6 Å². The van der Waals surface area contributed by atoms with Gasteiger partial charge in [0.25, 0.3) is 0 Å². The average molecular weight is 418 g/mol. The molecule has 0 unspecified atom stereocenters. The molecule has 0 atom stereocenters. The van der Waals surface area contributed by atoms with E-state index in [1.165, 1.54) is 24.3 Å². The SMILES string of the molecule is O=C(O)c1ccccc1OS(=O)(=O)OS(=O)(=O)Oc1ccccc1C(=O)O. The van der Waals surface area contributed by atoms with E-state index in [-0.39, 0.29) is 0 Å². The van der Waals surface area contributed by atoms with Crippen LogP contribution in [0.4, 0.5) is 0 Å². The summed E-state index contributed by atoms with van der Waals surface area (Å²) in [5.74, 6) is -4.47. The van der Waals surface area contributed by atoms with Gasteiger partial charge in [-0.2, -0.15) is 16.8 Å². The summed E-state index contributed by atoms with van der Waals surface area (Å²) in [6.45, 7) is 0. The number of carboxylic acids is 2. The van der Waals surface area contributed by atoms with Crippen molar-refractivity contribution in [3.05, 3.63) is 59.7 Å². The molecule has 0 fully saturated rings. The van der Waals surface area contributed by atoms with Gasteiger partial charge in [0, 0.05) is 0 Å². The van der Waals surface area contributed by atoms with Crippen LogP contribution in [0.5, 0.6) is 11.5 Å². The summed E-state index contributed by atoms with van der Waals surface area (Å²) >= 11 is 0. The molecule has 0 saturated heterocycles. The Kier molecular flexibility index (Phi) is 5.68. The van der Waals surface area contributed by atoms with Crippen LogP contribution in [-0.2, 0) is 24.4 Å². The monoisotopic (exact) mass is 418 g/mol. The molecular weight excluding hydrogens is 408 g/mol. The van der Waals surface area contributed by atoms with Gasteiger partial charge < -0.3 is 18.6 Å². The molecule has 2 aromatic rings. The van der Waals surface area contributed by atoms with Gasteiger partial charge in [0.2, 0.25) is 0 Å². The lowest BCUT2D eigenvalue weighted by atomic mass is 10.2. The Labute approximate surface area is 153 Å². The molecule has 2 N–H and O–H groups in total. The molecule has 0 amide bonds. The van der Waals surface area contributed by atoms with Gasteiger partial charge in [-0.1, -0.05) is 27.9 Å². The minimum atomic E-state index is -5.33. The van der Waals surface area contributed by atoms with E-state index in [1.54, 1.807) is 0 Å². The second kappa shape index (κ2) is 7.61. The second-order valence-corrected chi connectivity index (χ2v) is 7.16. The van der Waals surface area contributed by atoms with Gasteiger partial charge >= 0.3 is 32.7 Å². The van der Waals surface area contributed by atoms with E-state index in [1.807, 2.05) is 0 Å². The van der Waals surface area contributed by atoms with Crippen LogP contribution in [0.1, 0.15) is 20.7 Å². The Morgan fingerprint density at radius 1 is 0.667 bits per heavy atom. The standard InChI is InChI=1S/C14H10O11S2/c15-13(16)9-5-1-3-7-11(9)23-26(19,20)25-27(21,22)24-12-8-4-2-6-10(12)14(17)18/h1-8H,(H,15,16)(H,17,18). The molecule has 27 heavy (non-hydrogen) atoms. The van der Waals surface area contributed by atoms with Crippen LogP contribution in [0.15, 0.2) is 48.5 Å². The zero-order valence-corrected chi connectivity index (χ0v) is 14.6. The number of carboxylic acid groups (broad SMARTS) is 2. The first-order valence-electron chi connectivity index (χ1n) is 6.75. The molecule has 0 radical (unpaired) electrons. The van der Waals surface area contributed by atoms with Gasteiger partial charge in [-0.25, -0.2) is 9.59 Å². The van der Waals surface area contributed by atoms with Crippen LogP contribution in [0.25, 0.3) is 0 Å². The Hall–Kier alpha value is -3.16. The topological polar surface area (TPSA) is 171 Å². The number of rotatable bonds is 8. The van der Waals surface area contributed by atoms with Crippen molar-refractivity contribution in [1.82, 2.24) is 0 Å². The van der Waals surface area contributed by atoms with Gasteiger partial charge in [0.05, 0.1) is 0 Å². The minimum Gasteiger partial charge on any atom is -0.478 e. The van der Waals surface area contributed by atoms with Crippen LogP contribution < -0.4 is 8.37 Å². The van der Waals surface area contributed by atoms with Crippen LogP contribution in [-0.4, -0.2) is 39.0 Å². The van der Waals surface area contributed by atoms with Crippen molar-refractivity contribution >= 4 is 32.7 Å². The van der Waals surface area contributed by atoms with Crippen molar-refractivity contribution in [2.75, 3.05) is 0 Å². The summed E-state index contributed by atoms with van der Waals surface area (Å²) in [5.41, 5.74) is -1.14. The van der Waals surface area contributed by atoms with Crippen molar-refractivity contribution in [3.63, 3.8) is 0 Å². The van der Waals surface area contributed by atoms with E-state index >= 15 is 0 Å². The maximum atomic E-state index is 11.8. The lowest BCUT2D eigenvalue weighted by Crippen LogP contribution is -2.23. The van der Waals surface area contributed by atoms with Gasteiger partial charge in [0.15, 0.2) is 11.5 Å². The first-order valence-corrected chi connectivity index (χ1v) is 9.42. The summed E-state index contributed by atoms with van der Waals surface area (Å²) in [6, 6.07) is 8.99. The third kappa shape index (κ3) is 5.40. The Morgan fingerprint density at radius 3 is 1.33 bits per heavy atom. The smallest absolute Gasteiger partial charge is 0.466 e. The summed E-state index contributed by atoms with van der Waals surface area (Å²) in [6.07, 6.45) is 0. The maximum absolute atomic E-state index is 11.8. The average Bonchev–Trinajstić information content (AvgIpc) is 2.53. The zero-order valence-electron chi connectivity index (χ0n) is 13.0. The first kappa shape index (κ1) is 20.2. The number of benzene rings is 2. The predicted octanol–water partition coefficient (Wildman–Crippen LogP) is 1.05. The zero-order chi connectivity index (χ0) is 20.2. The second-order valence-electron chi connectivity index (χ2n) is 4.65. The van der Waals surface area contributed by atoms with Crippen LogP contribution in [0.3, 0.4) is 0 Å². The van der Waals surface area contributed by atoms with E-state index < -0.39 is 55.4 Å². The normalized spacial score (nSPS) is 11.6. The van der Waals surface area contributed by atoms with E-state index in [0.717, 1.165) is 24.3 Å². The minimum absolute atomic E-state index is 0.570. The highest BCUT2D eigenvalue weighted by atomic mass is 32.3. The molecule has 0 heterocycles. The number of carbonyl (C=O) groups is 2. The third-order valence-electron chi connectivity index (χ3n) is 2.79. The van der Waals surface area contributed by atoms with Gasteiger partial charge in [-0.15, -0.1) is 0 Å². The molecule has 0 aliphatic carbocycles. The molecule has 0 aromatic heterocycles. The molecule has 0 spiro atoms. The summed E-state index contributed by atoms with van der Waals surface area (Å²) in [5, 5.41) is 17.9. The quantitative estimate of drug-likeness (QED) is 0.627. The lowest BCUT2D eigenvalue weighted by molar-refractivity contribution is 0.0684. The summed E-state index contributed by atoms with van der Waals surface area (Å²) in [4.78, 5) is 22.0. The number of hydrogen-bond acceptors (Lipinski definition) is 9. The van der Waals surface area contributed by atoms with Crippen molar-refractivity contribution in [1.29, 1.82) is 0 Å². The van der Waals surface area contributed by atoms with Gasteiger partial charge in [-0.05, 0) is 24.3 Å². The van der Waals surface area contributed by atoms with E-state index in [4.69, 9.17) is 10.2 Å². The number of para-hydroxylation sites is 2. The molecule has 0 aliphatic heterocycles. The Morgan fingerprint density at radius 2 is 1.00 bits per heavy atom. The van der Waals surface area contributed by atoms with Crippen LogP contribution >= 0.6 is 0 Å². The number of hydrogen-bond donors (Lipinski definition) is 2. The molecule has 0 bridgehead atoms. The third-order valence-corrected chi connectivity index (χ3v) is 4.89. The molecule has 11 nitrogen and oxygen atoms in total. The van der Waals surface area contributed by atoms with Crippen molar-refractivity contribution in [3.8, 4) is 11.5 Å². The molecular formula is C14H10O11S2. The fourth-order valence-corrected chi connectivity index (χ4v) is 3.55. The number of aromatic carboxylic acids is 2. The van der Waals surface area contributed by atoms with E-state index in [2.05, 4.69) is 12.0 Å². The first-order chi connectivity index (χ1) is 12.5.